The minimum Gasteiger partial charge on any atom is -0.385 e. The summed E-state index contributed by atoms with van der Waals surface area (Å²) in [5, 5.41) is 10.9. The Morgan fingerprint density at radius 1 is 1.24 bits per heavy atom. The van der Waals surface area contributed by atoms with Crippen LogP contribution >= 0.6 is 0 Å². The number of hydrogen-bond acceptors (Lipinski definition) is 2. The predicted molar refractivity (Wildman–Crippen MR) is 82.7 cm³/mol. The van der Waals surface area contributed by atoms with E-state index in [9.17, 15) is 9.50 Å². The maximum absolute atomic E-state index is 13.6. The number of hydrogen-bond donors (Lipinski definition) is 1. The van der Waals surface area contributed by atoms with Crippen molar-refractivity contribution in [1.82, 2.24) is 0 Å². The van der Waals surface area contributed by atoms with Crippen LogP contribution in [0.15, 0.2) is 18.2 Å². The Balaban J connectivity index is 2.31. The summed E-state index contributed by atoms with van der Waals surface area (Å²) < 4.78 is 19.6. The Kier molecular flexibility index (Phi) is 4.74. The normalized spacial score (nSPS) is 22.0. The molecule has 0 aromatic heterocycles. The van der Waals surface area contributed by atoms with Crippen LogP contribution in [0.2, 0.25) is 0 Å². The summed E-state index contributed by atoms with van der Waals surface area (Å²) in [6.07, 6.45) is 2.87. The number of benzene rings is 1. The monoisotopic (exact) mass is 294 g/mol. The second-order valence-electron chi connectivity index (χ2n) is 7.07. The molecule has 1 aliphatic rings. The van der Waals surface area contributed by atoms with Crippen molar-refractivity contribution >= 4 is 0 Å². The topological polar surface area (TPSA) is 29.5 Å². The molecule has 2 rings (SSSR count). The molecular weight excluding hydrogens is 267 g/mol. The number of halogens is 1. The molecule has 1 unspecified atom stereocenters. The van der Waals surface area contributed by atoms with Gasteiger partial charge in [-0.25, -0.2) is 4.39 Å². The van der Waals surface area contributed by atoms with Gasteiger partial charge < -0.3 is 9.84 Å². The number of aliphatic hydroxyl groups excluding tert-OH is 1. The highest BCUT2D eigenvalue weighted by molar-refractivity contribution is 5.30. The Hall–Kier alpha value is -0.930. The van der Waals surface area contributed by atoms with Crippen LogP contribution in [0.1, 0.15) is 63.7 Å². The molecule has 0 radical (unpaired) electrons. The third-order valence-corrected chi connectivity index (χ3v) is 4.92. The summed E-state index contributed by atoms with van der Waals surface area (Å²) in [6, 6.07) is 4.60. The second-order valence-corrected chi connectivity index (χ2v) is 7.07. The molecule has 0 bridgehead atoms. The molecule has 118 valence electrons. The number of aryl methyl sites for hydroxylation is 1. The SMILES string of the molecule is CCOC1(C(O)c2cc(F)ccc2C)CCC(C)(C)CC1. The minimum atomic E-state index is -0.774. The maximum atomic E-state index is 13.6. The zero-order chi connectivity index (χ0) is 15.7. The van der Waals surface area contributed by atoms with Crippen LogP contribution in [0.5, 0.6) is 0 Å². The fourth-order valence-corrected chi connectivity index (χ4v) is 3.32. The van der Waals surface area contributed by atoms with Gasteiger partial charge >= 0.3 is 0 Å². The van der Waals surface area contributed by atoms with Gasteiger partial charge in [-0.15, -0.1) is 0 Å². The zero-order valence-electron chi connectivity index (χ0n) is 13.6. The number of rotatable bonds is 4. The summed E-state index contributed by atoms with van der Waals surface area (Å²) in [5.74, 6) is -0.308. The van der Waals surface area contributed by atoms with Crippen molar-refractivity contribution < 1.29 is 14.2 Å². The van der Waals surface area contributed by atoms with E-state index in [4.69, 9.17) is 4.74 Å². The van der Waals surface area contributed by atoms with Crippen LogP contribution in [-0.2, 0) is 4.74 Å². The lowest BCUT2D eigenvalue weighted by Gasteiger charge is -2.46. The highest BCUT2D eigenvalue weighted by Crippen LogP contribution is 2.48. The summed E-state index contributed by atoms with van der Waals surface area (Å²) in [6.45, 7) is 8.92. The van der Waals surface area contributed by atoms with Gasteiger partial charge in [-0.1, -0.05) is 19.9 Å². The Labute approximate surface area is 127 Å². The van der Waals surface area contributed by atoms with Gasteiger partial charge in [0, 0.05) is 6.61 Å². The third kappa shape index (κ3) is 3.46. The summed E-state index contributed by atoms with van der Waals surface area (Å²) in [4.78, 5) is 0. The van der Waals surface area contributed by atoms with Gasteiger partial charge in [-0.3, -0.25) is 0 Å². The molecule has 0 heterocycles. The van der Waals surface area contributed by atoms with Gasteiger partial charge in [-0.05, 0) is 68.2 Å². The van der Waals surface area contributed by atoms with Crippen LogP contribution in [0.25, 0.3) is 0 Å². The molecule has 1 fully saturated rings. The van der Waals surface area contributed by atoms with Crippen molar-refractivity contribution in [1.29, 1.82) is 0 Å². The Morgan fingerprint density at radius 2 is 1.86 bits per heavy atom. The van der Waals surface area contributed by atoms with Crippen LogP contribution in [0.4, 0.5) is 4.39 Å². The van der Waals surface area contributed by atoms with E-state index in [2.05, 4.69) is 13.8 Å². The van der Waals surface area contributed by atoms with Crippen molar-refractivity contribution in [2.45, 2.75) is 65.1 Å². The van der Waals surface area contributed by atoms with Crippen LogP contribution in [-0.4, -0.2) is 17.3 Å². The molecule has 1 aliphatic carbocycles. The third-order valence-electron chi connectivity index (χ3n) is 4.92. The number of aliphatic hydroxyl groups is 1. The molecule has 1 aromatic rings. The first-order valence-corrected chi connectivity index (χ1v) is 7.88. The van der Waals surface area contributed by atoms with E-state index in [1.165, 1.54) is 12.1 Å². The van der Waals surface area contributed by atoms with E-state index in [1.54, 1.807) is 6.07 Å². The van der Waals surface area contributed by atoms with Gasteiger partial charge in [0.05, 0.1) is 5.60 Å². The largest absolute Gasteiger partial charge is 0.385 e. The predicted octanol–water partition coefficient (Wildman–Crippen LogP) is 4.54. The molecule has 1 N–H and O–H groups in total. The summed E-state index contributed by atoms with van der Waals surface area (Å²) >= 11 is 0. The maximum Gasteiger partial charge on any atom is 0.123 e. The lowest BCUT2D eigenvalue weighted by Crippen LogP contribution is -2.45. The standard InChI is InChI=1S/C18H27FO2/c1-5-21-18(10-8-17(3,4)9-11-18)16(20)15-12-14(19)7-6-13(15)2/h6-7,12,16,20H,5,8-11H2,1-4H3. The van der Waals surface area contributed by atoms with Gasteiger partial charge in [0.25, 0.3) is 0 Å². The first-order chi connectivity index (χ1) is 9.80. The van der Waals surface area contributed by atoms with Gasteiger partial charge in [0.15, 0.2) is 0 Å². The van der Waals surface area contributed by atoms with E-state index in [1.807, 2.05) is 13.8 Å². The van der Waals surface area contributed by atoms with Crippen LogP contribution in [0.3, 0.4) is 0 Å². The van der Waals surface area contributed by atoms with Gasteiger partial charge in [-0.2, -0.15) is 0 Å². The Morgan fingerprint density at radius 3 is 2.43 bits per heavy atom. The first-order valence-electron chi connectivity index (χ1n) is 7.88. The average Bonchev–Trinajstić information content (AvgIpc) is 2.44. The molecule has 0 spiro atoms. The fraction of sp³-hybridized carbons (Fsp3) is 0.667. The van der Waals surface area contributed by atoms with Crippen molar-refractivity contribution in [3.05, 3.63) is 35.1 Å². The molecule has 21 heavy (non-hydrogen) atoms. The van der Waals surface area contributed by atoms with E-state index in [0.29, 0.717) is 12.2 Å². The first kappa shape index (κ1) is 16.4. The van der Waals surface area contributed by atoms with Crippen molar-refractivity contribution in [3.8, 4) is 0 Å². The van der Waals surface area contributed by atoms with Crippen molar-refractivity contribution in [2.75, 3.05) is 6.61 Å². The minimum absolute atomic E-state index is 0.289. The molecule has 1 saturated carbocycles. The summed E-state index contributed by atoms with van der Waals surface area (Å²) in [5.41, 5.74) is 1.27. The quantitative estimate of drug-likeness (QED) is 0.883. The fourth-order valence-electron chi connectivity index (χ4n) is 3.32. The number of ether oxygens (including phenoxy) is 1. The molecule has 0 amide bonds. The summed E-state index contributed by atoms with van der Waals surface area (Å²) in [7, 11) is 0. The van der Waals surface area contributed by atoms with E-state index in [0.717, 1.165) is 31.2 Å². The molecule has 3 heteroatoms. The van der Waals surface area contributed by atoms with Crippen LogP contribution in [0, 0.1) is 18.2 Å². The molecular formula is C18H27FO2. The zero-order valence-corrected chi connectivity index (χ0v) is 13.6. The van der Waals surface area contributed by atoms with Gasteiger partial charge in [0.2, 0.25) is 0 Å². The van der Waals surface area contributed by atoms with Crippen LogP contribution < -0.4 is 0 Å². The smallest absolute Gasteiger partial charge is 0.123 e. The van der Waals surface area contributed by atoms with E-state index < -0.39 is 11.7 Å². The highest BCUT2D eigenvalue weighted by Gasteiger charge is 2.45. The molecule has 1 atom stereocenters. The molecule has 2 nitrogen and oxygen atoms in total. The van der Waals surface area contributed by atoms with Crippen molar-refractivity contribution in [3.63, 3.8) is 0 Å². The van der Waals surface area contributed by atoms with Gasteiger partial charge in [0.1, 0.15) is 11.9 Å². The molecule has 1 aromatic carbocycles. The lowest BCUT2D eigenvalue weighted by molar-refractivity contribution is -0.153. The highest BCUT2D eigenvalue weighted by atomic mass is 19.1. The van der Waals surface area contributed by atoms with E-state index in [-0.39, 0.29) is 11.2 Å². The Bertz CT molecular complexity index is 486. The average molecular weight is 294 g/mol. The molecule has 0 saturated heterocycles. The van der Waals surface area contributed by atoms with E-state index >= 15 is 0 Å². The molecule has 0 aliphatic heterocycles. The lowest BCUT2D eigenvalue weighted by atomic mass is 9.68. The second kappa shape index (κ2) is 6.05. The van der Waals surface area contributed by atoms with Crippen molar-refractivity contribution in [2.24, 2.45) is 5.41 Å².